The maximum atomic E-state index is 5.76. The average Bonchev–Trinajstić information content (AvgIpc) is 2.47. The molecule has 1 aromatic rings. The number of hydrogen-bond donors (Lipinski definition) is 3. The molecule has 0 fully saturated rings. The Hall–Kier alpha value is -2.00. The lowest BCUT2D eigenvalue weighted by Gasteiger charge is -2.06. The van der Waals surface area contributed by atoms with Crippen LogP contribution in [-0.4, -0.2) is 6.04 Å². The molecule has 0 amide bonds. The Labute approximate surface area is 95.1 Å². The van der Waals surface area contributed by atoms with E-state index in [0.717, 1.165) is 17.1 Å². The fraction of sp³-hybridized carbons (Fsp3) is 0.0769. The molecule has 0 heterocycles. The van der Waals surface area contributed by atoms with Crippen LogP contribution < -0.4 is 16.8 Å². The molecule has 1 atom stereocenters. The molecule has 3 heteroatoms. The summed E-state index contributed by atoms with van der Waals surface area (Å²) in [5, 5.41) is 3.28. The number of benzene rings is 1. The van der Waals surface area contributed by atoms with E-state index in [9.17, 15) is 0 Å². The molecule has 1 aliphatic carbocycles. The van der Waals surface area contributed by atoms with Gasteiger partial charge in [-0.1, -0.05) is 18.2 Å². The topological polar surface area (TPSA) is 64.1 Å². The average molecular weight is 213 g/mol. The van der Waals surface area contributed by atoms with Gasteiger partial charge in [-0.2, -0.15) is 0 Å². The molecule has 5 N–H and O–H groups in total. The van der Waals surface area contributed by atoms with Gasteiger partial charge < -0.3 is 16.8 Å². The summed E-state index contributed by atoms with van der Waals surface area (Å²) >= 11 is 0. The predicted octanol–water partition coefficient (Wildman–Crippen LogP) is 2.02. The van der Waals surface area contributed by atoms with Crippen LogP contribution in [0, 0.1) is 0 Å². The Morgan fingerprint density at radius 3 is 2.56 bits per heavy atom. The summed E-state index contributed by atoms with van der Waals surface area (Å²) in [6.45, 7) is 0. The molecular weight excluding hydrogens is 198 g/mol. The van der Waals surface area contributed by atoms with Gasteiger partial charge in [0.2, 0.25) is 0 Å². The Bertz CT molecular complexity index is 441. The van der Waals surface area contributed by atoms with Crippen molar-refractivity contribution in [3.63, 3.8) is 0 Å². The monoisotopic (exact) mass is 213 g/mol. The lowest BCUT2D eigenvalue weighted by atomic mass is 10.2. The van der Waals surface area contributed by atoms with Crippen LogP contribution in [0.2, 0.25) is 0 Å². The van der Waals surface area contributed by atoms with Crippen LogP contribution in [0.1, 0.15) is 0 Å². The zero-order valence-corrected chi connectivity index (χ0v) is 8.93. The third-order valence-corrected chi connectivity index (χ3v) is 2.31. The smallest absolute Gasteiger partial charge is 0.0417 e. The molecule has 0 radical (unpaired) electrons. The third-order valence-electron chi connectivity index (χ3n) is 2.31. The molecule has 0 saturated heterocycles. The van der Waals surface area contributed by atoms with Gasteiger partial charge in [0.1, 0.15) is 0 Å². The number of anilines is 2. The van der Waals surface area contributed by atoms with Crippen molar-refractivity contribution in [2.45, 2.75) is 6.04 Å². The van der Waals surface area contributed by atoms with Crippen molar-refractivity contribution < 1.29 is 0 Å². The molecule has 0 aromatic heterocycles. The first-order chi connectivity index (χ1) is 7.74. The Morgan fingerprint density at radius 2 is 1.81 bits per heavy atom. The van der Waals surface area contributed by atoms with Crippen molar-refractivity contribution in [1.29, 1.82) is 0 Å². The minimum absolute atomic E-state index is 0.0121. The van der Waals surface area contributed by atoms with Crippen LogP contribution in [0.15, 0.2) is 60.3 Å². The van der Waals surface area contributed by atoms with Crippen molar-refractivity contribution in [3.05, 3.63) is 60.3 Å². The second-order valence-electron chi connectivity index (χ2n) is 3.69. The summed E-state index contributed by atoms with van der Waals surface area (Å²) < 4.78 is 0. The van der Waals surface area contributed by atoms with Crippen molar-refractivity contribution in [1.82, 2.24) is 0 Å². The van der Waals surface area contributed by atoms with Gasteiger partial charge in [-0.3, -0.25) is 0 Å². The first-order valence-electron chi connectivity index (χ1n) is 5.19. The van der Waals surface area contributed by atoms with Crippen LogP contribution in [0.4, 0.5) is 11.4 Å². The van der Waals surface area contributed by atoms with Gasteiger partial charge in [0, 0.05) is 23.1 Å². The van der Waals surface area contributed by atoms with Crippen LogP contribution >= 0.6 is 0 Å². The summed E-state index contributed by atoms with van der Waals surface area (Å²) in [6.07, 6.45) is 9.79. The number of nitrogens with one attached hydrogen (secondary N) is 1. The molecular formula is C13H15N3. The van der Waals surface area contributed by atoms with Gasteiger partial charge in [-0.25, -0.2) is 0 Å². The standard InChI is InChI=1S/C13H15N3/c14-10-2-1-3-12(7-4-10)16-13-8-5-11(15)6-9-13/h1-10,16H,14-15H2. The molecule has 0 aliphatic heterocycles. The van der Waals surface area contributed by atoms with Gasteiger partial charge in [0.25, 0.3) is 0 Å². The summed E-state index contributed by atoms with van der Waals surface area (Å²) in [5.74, 6) is 0. The van der Waals surface area contributed by atoms with Crippen LogP contribution in [0.25, 0.3) is 0 Å². The quantitative estimate of drug-likeness (QED) is 0.658. The normalized spacial score (nSPS) is 19.1. The Kier molecular flexibility index (Phi) is 3.08. The highest BCUT2D eigenvalue weighted by molar-refractivity contribution is 5.56. The van der Waals surface area contributed by atoms with Crippen LogP contribution in [0.5, 0.6) is 0 Å². The third kappa shape index (κ3) is 2.74. The highest BCUT2D eigenvalue weighted by atomic mass is 14.9. The van der Waals surface area contributed by atoms with E-state index in [2.05, 4.69) is 5.32 Å². The fourth-order valence-electron chi connectivity index (χ4n) is 1.44. The van der Waals surface area contributed by atoms with Crippen molar-refractivity contribution in [2.75, 3.05) is 11.1 Å². The number of nitrogen functional groups attached to an aromatic ring is 1. The van der Waals surface area contributed by atoms with Gasteiger partial charge in [0.05, 0.1) is 0 Å². The van der Waals surface area contributed by atoms with E-state index in [1.807, 2.05) is 54.6 Å². The summed E-state index contributed by atoms with van der Waals surface area (Å²) in [6, 6.07) is 7.61. The van der Waals surface area contributed by atoms with Crippen molar-refractivity contribution >= 4 is 11.4 Å². The summed E-state index contributed by atoms with van der Waals surface area (Å²) in [4.78, 5) is 0. The van der Waals surface area contributed by atoms with E-state index in [0.29, 0.717) is 0 Å². The lowest BCUT2D eigenvalue weighted by molar-refractivity contribution is 1.03. The molecule has 1 aromatic carbocycles. The first kappa shape index (κ1) is 10.5. The van der Waals surface area contributed by atoms with Gasteiger partial charge in [-0.15, -0.1) is 0 Å². The van der Waals surface area contributed by atoms with E-state index >= 15 is 0 Å². The van der Waals surface area contributed by atoms with Gasteiger partial charge >= 0.3 is 0 Å². The zero-order chi connectivity index (χ0) is 11.4. The SMILES string of the molecule is Nc1ccc(NC2=CC=CC(N)C=C2)cc1. The number of nitrogens with two attached hydrogens (primary N) is 2. The Morgan fingerprint density at radius 1 is 1.06 bits per heavy atom. The van der Waals surface area contributed by atoms with Crippen molar-refractivity contribution in [3.8, 4) is 0 Å². The summed E-state index contributed by atoms with van der Waals surface area (Å²) in [7, 11) is 0. The lowest BCUT2D eigenvalue weighted by Crippen LogP contribution is -2.12. The fourth-order valence-corrected chi connectivity index (χ4v) is 1.44. The minimum atomic E-state index is -0.0121. The molecule has 1 aliphatic rings. The van der Waals surface area contributed by atoms with Gasteiger partial charge in [-0.05, 0) is 36.4 Å². The largest absolute Gasteiger partial charge is 0.399 e. The molecule has 0 spiro atoms. The number of rotatable bonds is 2. The van der Waals surface area contributed by atoms with E-state index < -0.39 is 0 Å². The molecule has 1 unspecified atom stereocenters. The molecule has 0 bridgehead atoms. The highest BCUT2D eigenvalue weighted by Gasteiger charge is 1.98. The van der Waals surface area contributed by atoms with E-state index in [-0.39, 0.29) is 6.04 Å². The molecule has 3 nitrogen and oxygen atoms in total. The molecule has 2 rings (SSSR count). The second-order valence-corrected chi connectivity index (χ2v) is 3.69. The molecule has 16 heavy (non-hydrogen) atoms. The Balaban J connectivity index is 2.10. The second kappa shape index (κ2) is 4.68. The highest BCUT2D eigenvalue weighted by Crippen LogP contribution is 2.14. The van der Waals surface area contributed by atoms with E-state index in [1.54, 1.807) is 0 Å². The number of hydrogen-bond acceptors (Lipinski definition) is 3. The molecule has 82 valence electrons. The van der Waals surface area contributed by atoms with E-state index in [4.69, 9.17) is 11.5 Å². The summed E-state index contributed by atoms with van der Waals surface area (Å²) in [5.41, 5.74) is 14.2. The minimum Gasteiger partial charge on any atom is -0.399 e. The zero-order valence-electron chi connectivity index (χ0n) is 8.93. The van der Waals surface area contributed by atoms with Crippen LogP contribution in [0.3, 0.4) is 0 Å². The number of allylic oxidation sites excluding steroid dienone is 3. The van der Waals surface area contributed by atoms with E-state index in [1.165, 1.54) is 0 Å². The maximum Gasteiger partial charge on any atom is 0.0417 e. The van der Waals surface area contributed by atoms with Gasteiger partial charge in [0.15, 0.2) is 0 Å². The van der Waals surface area contributed by atoms with Crippen molar-refractivity contribution in [2.24, 2.45) is 5.73 Å². The molecule has 0 saturated carbocycles. The first-order valence-corrected chi connectivity index (χ1v) is 5.19. The van der Waals surface area contributed by atoms with Crippen LogP contribution in [-0.2, 0) is 0 Å². The maximum absolute atomic E-state index is 5.76. The predicted molar refractivity (Wildman–Crippen MR) is 68.8 cm³/mol.